The van der Waals surface area contributed by atoms with Gasteiger partial charge in [0.1, 0.15) is 5.60 Å². The van der Waals surface area contributed by atoms with E-state index in [9.17, 15) is 4.79 Å². The molecule has 0 spiro atoms. The Labute approximate surface area is 110 Å². The number of esters is 1. The van der Waals surface area contributed by atoms with E-state index in [4.69, 9.17) is 18.9 Å². The summed E-state index contributed by atoms with van der Waals surface area (Å²) in [6.45, 7) is 8.33. The van der Waals surface area contributed by atoms with Gasteiger partial charge in [0.05, 0.1) is 26.2 Å². The van der Waals surface area contributed by atoms with Crippen molar-refractivity contribution in [2.24, 2.45) is 0 Å². The van der Waals surface area contributed by atoms with Gasteiger partial charge in [0.25, 0.3) is 0 Å². The van der Waals surface area contributed by atoms with Crippen LogP contribution in [0, 0.1) is 0 Å². The number of methoxy groups -OCH3 is 1. The molecule has 0 rings (SSSR count). The minimum Gasteiger partial charge on any atom is -0.460 e. The van der Waals surface area contributed by atoms with Crippen LogP contribution in [0.5, 0.6) is 0 Å². The van der Waals surface area contributed by atoms with E-state index in [1.54, 1.807) is 7.11 Å². The molecule has 0 heterocycles. The fraction of sp³-hybridized carbons (Fsp3) is 0.923. The van der Waals surface area contributed by atoms with E-state index in [1.807, 2.05) is 20.8 Å². The molecule has 0 unspecified atom stereocenters. The molecule has 0 saturated carbocycles. The Balaban J connectivity index is 3.23. The second-order valence-electron chi connectivity index (χ2n) is 4.91. The number of ether oxygens (including phenoxy) is 4. The fourth-order valence-electron chi connectivity index (χ4n) is 1.18. The maximum atomic E-state index is 11.3. The highest BCUT2D eigenvalue weighted by atomic mass is 16.6. The van der Waals surface area contributed by atoms with Gasteiger partial charge >= 0.3 is 5.97 Å². The van der Waals surface area contributed by atoms with E-state index < -0.39 is 5.60 Å². The van der Waals surface area contributed by atoms with Crippen LogP contribution >= 0.6 is 0 Å². The van der Waals surface area contributed by atoms with Crippen LogP contribution in [-0.2, 0) is 23.7 Å². The molecule has 0 atom stereocenters. The van der Waals surface area contributed by atoms with Gasteiger partial charge in [-0.1, -0.05) is 0 Å². The van der Waals surface area contributed by atoms with E-state index in [0.717, 1.165) is 6.42 Å². The van der Waals surface area contributed by atoms with Crippen molar-refractivity contribution >= 4 is 5.97 Å². The normalized spacial score (nSPS) is 11.6. The lowest BCUT2D eigenvalue weighted by atomic mass is 10.2. The van der Waals surface area contributed by atoms with Gasteiger partial charge in [-0.15, -0.1) is 0 Å². The molecule has 0 bridgehead atoms. The topological polar surface area (TPSA) is 54.0 Å². The van der Waals surface area contributed by atoms with Gasteiger partial charge < -0.3 is 18.9 Å². The molecule has 18 heavy (non-hydrogen) atoms. The predicted octanol–water partition coefficient (Wildman–Crippen LogP) is 1.79. The van der Waals surface area contributed by atoms with Crippen LogP contribution in [0.3, 0.4) is 0 Å². The number of rotatable bonds is 10. The average Bonchev–Trinajstić information content (AvgIpc) is 2.24. The van der Waals surface area contributed by atoms with Gasteiger partial charge in [-0.2, -0.15) is 0 Å². The van der Waals surface area contributed by atoms with Crippen LogP contribution in [0.2, 0.25) is 0 Å². The van der Waals surface area contributed by atoms with Crippen molar-refractivity contribution in [3.63, 3.8) is 0 Å². The van der Waals surface area contributed by atoms with Crippen molar-refractivity contribution in [1.29, 1.82) is 0 Å². The summed E-state index contributed by atoms with van der Waals surface area (Å²) in [6.07, 6.45) is 1.16. The highest BCUT2D eigenvalue weighted by molar-refractivity contribution is 5.69. The summed E-state index contributed by atoms with van der Waals surface area (Å²) in [7, 11) is 1.67. The third-order valence-electron chi connectivity index (χ3n) is 1.88. The third-order valence-corrected chi connectivity index (χ3v) is 1.88. The summed E-state index contributed by atoms with van der Waals surface area (Å²) in [5.74, 6) is -0.233. The first-order valence-electron chi connectivity index (χ1n) is 6.32. The Morgan fingerprint density at radius 1 is 0.944 bits per heavy atom. The second kappa shape index (κ2) is 10.3. The fourth-order valence-corrected chi connectivity index (χ4v) is 1.18. The molecule has 0 fully saturated rings. The van der Waals surface area contributed by atoms with E-state index in [1.165, 1.54) is 0 Å². The molecular formula is C13H26O5. The Kier molecular flexibility index (Phi) is 9.92. The molecule has 5 nitrogen and oxygen atoms in total. The van der Waals surface area contributed by atoms with E-state index in [-0.39, 0.29) is 12.4 Å². The number of carbonyl (C=O) groups excluding carboxylic acids is 1. The van der Waals surface area contributed by atoms with Crippen molar-refractivity contribution in [3.05, 3.63) is 0 Å². The summed E-state index contributed by atoms with van der Waals surface area (Å²) >= 11 is 0. The molecule has 0 aliphatic rings. The lowest BCUT2D eigenvalue weighted by Crippen LogP contribution is -2.24. The van der Waals surface area contributed by atoms with Crippen LogP contribution in [0.15, 0.2) is 0 Å². The first-order valence-corrected chi connectivity index (χ1v) is 6.32. The SMILES string of the molecule is COCCCOCCOCCC(=O)OC(C)(C)C. The van der Waals surface area contributed by atoms with Gasteiger partial charge in [-0.05, 0) is 27.2 Å². The molecule has 0 aromatic carbocycles. The zero-order valence-electron chi connectivity index (χ0n) is 12.0. The molecule has 0 saturated heterocycles. The molecule has 108 valence electrons. The average molecular weight is 262 g/mol. The minimum atomic E-state index is -0.429. The van der Waals surface area contributed by atoms with Gasteiger partial charge in [0.15, 0.2) is 0 Å². The largest absolute Gasteiger partial charge is 0.460 e. The van der Waals surface area contributed by atoms with Gasteiger partial charge in [-0.25, -0.2) is 0 Å². The molecular weight excluding hydrogens is 236 g/mol. The third kappa shape index (κ3) is 13.4. The van der Waals surface area contributed by atoms with Crippen molar-refractivity contribution in [3.8, 4) is 0 Å². The lowest BCUT2D eigenvalue weighted by Gasteiger charge is -2.19. The Morgan fingerprint density at radius 3 is 2.11 bits per heavy atom. The maximum absolute atomic E-state index is 11.3. The molecule has 0 aromatic rings. The molecule has 0 aliphatic carbocycles. The van der Waals surface area contributed by atoms with Crippen LogP contribution in [0.1, 0.15) is 33.6 Å². The van der Waals surface area contributed by atoms with Crippen molar-refractivity contribution in [1.82, 2.24) is 0 Å². The van der Waals surface area contributed by atoms with Crippen molar-refractivity contribution in [2.45, 2.75) is 39.2 Å². The monoisotopic (exact) mass is 262 g/mol. The number of carbonyl (C=O) groups is 1. The predicted molar refractivity (Wildman–Crippen MR) is 68.6 cm³/mol. The quantitative estimate of drug-likeness (QED) is 0.444. The van der Waals surface area contributed by atoms with Crippen LogP contribution < -0.4 is 0 Å². The van der Waals surface area contributed by atoms with Crippen LogP contribution in [0.25, 0.3) is 0 Å². The Morgan fingerprint density at radius 2 is 1.56 bits per heavy atom. The first kappa shape index (κ1) is 17.4. The molecule has 5 heteroatoms. The zero-order valence-corrected chi connectivity index (χ0v) is 12.0. The smallest absolute Gasteiger partial charge is 0.308 e. The maximum Gasteiger partial charge on any atom is 0.308 e. The minimum absolute atomic E-state index is 0.233. The zero-order chi connectivity index (χ0) is 13.9. The van der Waals surface area contributed by atoms with Crippen molar-refractivity contribution < 1.29 is 23.7 Å². The van der Waals surface area contributed by atoms with Crippen molar-refractivity contribution in [2.75, 3.05) is 40.1 Å². The summed E-state index contributed by atoms with van der Waals surface area (Å²) < 4.78 is 20.6. The highest BCUT2D eigenvalue weighted by Crippen LogP contribution is 2.07. The van der Waals surface area contributed by atoms with E-state index >= 15 is 0 Å². The Bertz CT molecular complexity index is 210. The summed E-state index contributed by atoms with van der Waals surface area (Å²) in [4.78, 5) is 11.3. The molecule has 0 N–H and O–H groups in total. The second-order valence-corrected chi connectivity index (χ2v) is 4.91. The molecule has 0 radical (unpaired) electrons. The van der Waals surface area contributed by atoms with Crippen LogP contribution in [-0.4, -0.2) is 51.7 Å². The first-order chi connectivity index (χ1) is 8.45. The summed E-state index contributed by atoms with van der Waals surface area (Å²) in [6, 6.07) is 0. The van der Waals surface area contributed by atoms with Crippen LogP contribution in [0.4, 0.5) is 0 Å². The van der Waals surface area contributed by atoms with E-state index in [0.29, 0.717) is 33.0 Å². The summed E-state index contributed by atoms with van der Waals surface area (Å²) in [5, 5.41) is 0. The molecule has 0 aliphatic heterocycles. The van der Waals surface area contributed by atoms with Gasteiger partial charge in [-0.3, -0.25) is 4.79 Å². The van der Waals surface area contributed by atoms with E-state index in [2.05, 4.69) is 0 Å². The summed E-state index contributed by atoms with van der Waals surface area (Å²) in [5.41, 5.74) is -0.429. The molecule has 0 aromatic heterocycles. The standard InChI is InChI=1S/C13H26O5/c1-13(2,3)18-12(14)6-9-17-11-10-16-8-5-7-15-4/h5-11H2,1-4H3. The number of hydrogen-bond donors (Lipinski definition) is 0. The number of hydrogen-bond acceptors (Lipinski definition) is 5. The lowest BCUT2D eigenvalue weighted by molar-refractivity contribution is -0.156. The Hall–Kier alpha value is -0.650. The molecule has 0 amide bonds. The van der Waals surface area contributed by atoms with Gasteiger partial charge in [0, 0.05) is 20.3 Å². The van der Waals surface area contributed by atoms with Gasteiger partial charge in [0.2, 0.25) is 0 Å². The highest BCUT2D eigenvalue weighted by Gasteiger charge is 2.15.